The molecule has 0 aliphatic heterocycles. The van der Waals surface area contributed by atoms with Gasteiger partial charge in [0.15, 0.2) is 0 Å². The van der Waals surface area contributed by atoms with E-state index in [1.54, 1.807) is 11.3 Å². The van der Waals surface area contributed by atoms with Gasteiger partial charge < -0.3 is 4.52 Å². The van der Waals surface area contributed by atoms with Crippen molar-refractivity contribution in [3.8, 4) is 11.4 Å². The van der Waals surface area contributed by atoms with Gasteiger partial charge in [-0.25, -0.2) is 0 Å². The number of benzene rings is 1. The Morgan fingerprint density at radius 2 is 1.91 bits per heavy atom. The van der Waals surface area contributed by atoms with Crippen LogP contribution >= 0.6 is 27.3 Å². The van der Waals surface area contributed by atoms with Gasteiger partial charge in [0.25, 0.3) is 0 Å². The van der Waals surface area contributed by atoms with Crippen LogP contribution in [0.4, 0.5) is 0 Å². The summed E-state index contributed by atoms with van der Waals surface area (Å²) in [4.78, 5) is 7.96. The standard InChI is InChI=1S/C17H18BrN3OS/c1-3-12-4-6-13(7-5-12)17-19-16(22-20-17)11-21(2)10-14-8-9-15(18)23-14/h4-9H,3,10-11H2,1-2H3. The van der Waals surface area contributed by atoms with Crippen LogP contribution in [0.15, 0.2) is 44.7 Å². The van der Waals surface area contributed by atoms with E-state index in [0.29, 0.717) is 18.3 Å². The smallest absolute Gasteiger partial charge is 0.241 e. The molecule has 0 saturated carbocycles. The van der Waals surface area contributed by atoms with E-state index in [2.05, 4.69) is 62.2 Å². The molecular weight excluding hydrogens is 374 g/mol. The minimum atomic E-state index is 0.634. The van der Waals surface area contributed by atoms with Gasteiger partial charge in [-0.1, -0.05) is 36.3 Å². The molecule has 3 rings (SSSR count). The van der Waals surface area contributed by atoms with E-state index in [0.717, 1.165) is 22.3 Å². The first-order chi connectivity index (χ1) is 11.1. The van der Waals surface area contributed by atoms with Crippen LogP contribution in [0.1, 0.15) is 23.3 Å². The molecule has 0 bridgehead atoms. The Bertz CT molecular complexity index is 766. The van der Waals surface area contributed by atoms with E-state index in [1.165, 1.54) is 10.4 Å². The zero-order chi connectivity index (χ0) is 16.2. The van der Waals surface area contributed by atoms with Crippen LogP contribution in [0, 0.1) is 0 Å². The second-order valence-corrected chi connectivity index (χ2v) is 7.99. The summed E-state index contributed by atoms with van der Waals surface area (Å²) in [6.45, 7) is 3.64. The molecule has 0 aliphatic carbocycles. The molecule has 0 saturated heterocycles. The Labute approximate surface area is 148 Å². The topological polar surface area (TPSA) is 42.2 Å². The van der Waals surface area contributed by atoms with Crippen molar-refractivity contribution in [2.24, 2.45) is 0 Å². The quantitative estimate of drug-likeness (QED) is 0.607. The van der Waals surface area contributed by atoms with Gasteiger partial charge in [-0.3, -0.25) is 4.90 Å². The number of aryl methyl sites for hydroxylation is 1. The Kier molecular flexibility index (Phi) is 5.25. The highest BCUT2D eigenvalue weighted by Crippen LogP contribution is 2.23. The molecule has 120 valence electrons. The molecule has 0 N–H and O–H groups in total. The molecule has 2 heterocycles. The van der Waals surface area contributed by atoms with Crippen molar-refractivity contribution >= 4 is 27.3 Å². The summed E-state index contributed by atoms with van der Waals surface area (Å²) in [5.74, 6) is 1.28. The molecule has 4 nitrogen and oxygen atoms in total. The SMILES string of the molecule is CCc1ccc(-c2noc(CN(C)Cc3ccc(Br)s3)n2)cc1. The molecule has 0 amide bonds. The third kappa shape index (κ3) is 4.28. The van der Waals surface area contributed by atoms with E-state index < -0.39 is 0 Å². The summed E-state index contributed by atoms with van der Waals surface area (Å²) in [6.07, 6.45) is 1.03. The molecule has 1 aromatic carbocycles. The highest BCUT2D eigenvalue weighted by Gasteiger charge is 2.11. The molecule has 0 radical (unpaired) electrons. The third-order valence-electron chi connectivity index (χ3n) is 3.55. The molecular formula is C17H18BrN3OS. The third-order valence-corrected chi connectivity index (χ3v) is 5.16. The van der Waals surface area contributed by atoms with Crippen LogP contribution in [0.2, 0.25) is 0 Å². The van der Waals surface area contributed by atoms with E-state index in [1.807, 2.05) is 19.2 Å². The number of hydrogen-bond donors (Lipinski definition) is 0. The van der Waals surface area contributed by atoms with Crippen LogP contribution in [0.3, 0.4) is 0 Å². The molecule has 3 aromatic rings. The zero-order valence-corrected chi connectivity index (χ0v) is 15.5. The van der Waals surface area contributed by atoms with Crippen molar-refractivity contribution in [1.82, 2.24) is 15.0 Å². The number of halogens is 1. The van der Waals surface area contributed by atoms with Crippen molar-refractivity contribution in [2.75, 3.05) is 7.05 Å². The first-order valence-electron chi connectivity index (χ1n) is 7.48. The number of thiophene rings is 1. The lowest BCUT2D eigenvalue weighted by molar-refractivity contribution is 0.262. The minimum Gasteiger partial charge on any atom is -0.338 e. The average molecular weight is 392 g/mol. The lowest BCUT2D eigenvalue weighted by Crippen LogP contribution is -2.16. The number of hydrogen-bond acceptors (Lipinski definition) is 5. The molecule has 0 unspecified atom stereocenters. The molecule has 0 fully saturated rings. The highest BCUT2D eigenvalue weighted by atomic mass is 79.9. The van der Waals surface area contributed by atoms with E-state index >= 15 is 0 Å². The first-order valence-corrected chi connectivity index (χ1v) is 9.09. The fourth-order valence-corrected chi connectivity index (χ4v) is 3.88. The maximum absolute atomic E-state index is 5.38. The average Bonchev–Trinajstić information content (AvgIpc) is 3.16. The normalized spacial score (nSPS) is 11.3. The molecule has 0 aliphatic rings. The maximum Gasteiger partial charge on any atom is 0.241 e. The van der Waals surface area contributed by atoms with Crippen LogP contribution in [0.25, 0.3) is 11.4 Å². The minimum absolute atomic E-state index is 0.634. The van der Waals surface area contributed by atoms with Crippen LogP contribution in [0.5, 0.6) is 0 Å². The summed E-state index contributed by atoms with van der Waals surface area (Å²) >= 11 is 5.23. The second kappa shape index (κ2) is 7.38. The second-order valence-electron chi connectivity index (χ2n) is 5.44. The Hall–Kier alpha value is -1.50. The van der Waals surface area contributed by atoms with E-state index in [9.17, 15) is 0 Å². The van der Waals surface area contributed by atoms with Gasteiger partial charge in [-0.15, -0.1) is 11.3 Å². The Morgan fingerprint density at radius 1 is 1.13 bits per heavy atom. The molecule has 23 heavy (non-hydrogen) atoms. The van der Waals surface area contributed by atoms with Crippen molar-refractivity contribution in [3.63, 3.8) is 0 Å². The summed E-state index contributed by atoms with van der Waals surface area (Å²) < 4.78 is 6.53. The monoisotopic (exact) mass is 391 g/mol. The van der Waals surface area contributed by atoms with Gasteiger partial charge in [0.1, 0.15) is 0 Å². The summed E-state index contributed by atoms with van der Waals surface area (Å²) in [7, 11) is 2.05. The number of aromatic nitrogens is 2. The summed E-state index contributed by atoms with van der Waals surface area (Å²) in [5, 5.41) is 4.09. The fourth-order valence-electron chi connectivity index (χ4n) is 2.32. The van der Waals surface area contributed by atoms with Crippen LogP contribution in [-0.2, 0) is 19.5 Å². The predicted octanol–water partition coefficient (Wildman–Crippen LogP) is 4.76. The first kappa shape index (κ1) is 16.4. The fraction of sp³-hybridized carbons (Fsp3) is 0.294. The maximum atomic E-state index is 5.38. The molecule has 0 spiro atoms. The van der Waals surface area contributed by atoms with Gasteiger partial charge in [0, 0.05) is 17.0 Å². The van der Waals surface area contributed by atoms with Crippen molar-refractivity contribution in [2.45, 2.75) is 26.4 Å². The number of rotatable bonds is 6. The Morgan fingerprint density at radius 3 is 2.57 bits per heavy atom. The lowest BCUT2D eigenvalue weighted by atomic mass is 10.1. The predicted molar refractivity (Wildman–Crippen MR) is 96.3 cm³/mol. The zero-order valence-electron chi connectivity index (χ0n) is 13.1. The highest BCUT2D eigenvalue weighted by molar-refractivity contribution is 9.11. The van der Waals surface area contributed by atoms with E-state index in [4.69, 9.17) is 4.52 Å². The van der Waals surface area contributed by atoms with Gasteiger partial charge >= 0.3 is 0 Å². The van der Waals surface area contributed by atoms with Crippen LogP contribution in [-0.4, -0.2) is 22.1 Å². The Balaban J connectivity index is 1.64. The molecule has 0 atom stereocenters. The van der Waals surface area contributed by atoms with Gasteiger partial charge in [-0.05, 0) is 47.1 Å². The van der Waals surface area contributed by atoms with Crippen molar-refractivity contribution < 1.29 is 4.52 Å². The largest absolute Gasteiger partial charge is 0.338 e. The lowest BCUT2D eigenvalue weighted by Gasteiger charge is -2.12. The number of nitrogens with zero attached hydrogens (tertiary/aromatic N) is 3. The van der Waals surface area contributed by atoms with Gasteiger partial charge in [0.05, 0.1) is 10.3 Å². The summed E-state index contributed by atoms with van der Waals surface area (Å²) in [6, 6.07) is 12.5. The van der Waals surface area contributed by atoms with Gasteiger partial charge in [-0.2, -0.15) is 4.98 Å². The van der Waals surface area contributed by atoms with Gasteiger partial charge in [0.2, 0.25) is 11.7 Å². The van der Waals surface area contributed by atoms with Crippen LogP contribution < -0.4 is 0 Å². The van der Waals surface area contributed by atoms with E-state index in [-0.39, 0.29) is 0 Å². The van der Waals surface area contributed by atoms with Crippen molar-refractivity contribution in [3.05, 3.63) is 56.5 Å². The van der Waals surface area contributed by atoms with Crippen molar-refractivity contribution in [1.29, 1.82) is 0 Å². The molecule has 6 heteroatoms. The molecule has 2 aromatic heterocycles. The summed E-state index contributed by atoms with van der Waals surface area (Å²) in [5.41, 5.74) is 2.29.